The Morgan fingerprint density at radius 2 is 1.80 bits per heavy atom. The van der Waals surface area contributed by atoms with Crippen LogP contribution in [0.25, 0.3) is 11.1 Å². The van der Waals surface area contributed by atoms with Gasteiger partial charge in [0, 0.05) is 10.6 Å². The lowest BCUT2D eigenvalue weighted by molar-refractivity contribution is 0.316. The Morgan fingerprint density at radius 3 is 2.57 bits per heavy atom. The van der Waals surface area contributed by atoms with Crippen LogP contribution in [-0.2, 0) is 4.74 Å². The van der Waals surface area contributed by atoms with Crippen LogP contribution >= 0.6 is 11.6 Å². The van der Waals surface area contributed by atoms with Crippen molar-refractivity contribution in [2.75, 3.05) is 13.2 Å². The van der Waals surface area contributed by atoms with Gasteiger partial charge in [0.05, 0.1) is 6.61 Å². The minimum Gasteiger partial charge on any atom is -0.493 e. The molecule has 1 unspecified atom stereocenters. The summed E-state index contributed by atoms with van der Waals surface area (Å²) in [6.07, 6.45) is 0.884. The van der Waals surface area contributed by atoms with Gasteiger partial charge in [-0.3, -0.25) is 0 Å². The molecule has 154 valence electrons. The molecule has 1 aliphatic heterocycles. The van der Waals surface area contributed by atoms with Crippen molar-refractivity contribution in [2.24, 2.45) is 4.99 Å². The number of hydrogen-bond donors (Lipinski definition) is 0. The predicted molar refractivity (Wildman–Crippen MR) is 114 cm³/mol. The van der Waals surface area contributed by atoms with Gasteiger partial charge >= 0.3 is 0 Å². The second-order valence-electron chi connectivity index (χ2n) is 6.93. The summed E-state index contributed by atoms with van der Waals surface area (Å²) in [5.74, 6) is -0.703. The van der Waals surface area contributed by atoms with Gasteiger partial charge in [-0.25, -0.2) is 13.8 Å². The van der Waals surface area contributed by atoms with Crippen LogP contribution in [0, 0.1) is 11.6 Å². The molecule has 0 bridgehead atoms. The van der Waals surface area contributed by atoms with Crippen molar-refractivity contribution in [3.8, 4) is 16.9 Å². The van der Waals surface area contributed by atoms with Crippen LogP contribution in [0.1, 0.15) is 30.5 Å². The summed E-state index contributed by atoms with van der Waals surface area (Å²) in [6, 6.07) is 16.4. The molecule has 30 heavy (non-hydrogen) atoms. The summed E-state index contributed by atoms with van der Waals surface area (Å²) in [5.41, 5.74) is 2.33. The quantitative estimate of drug-likeness (QED) is 0.444. The molecule has 3 aromatic rings. The highest BCUT2D eigenvalue weighted by atomic mass is 35.5. The van der Waals surface area contributed by atoms with E-state index in [9.17, 15) is 8.78 Å². The fraction of sp³-hybridized carbons (Fsp3) is 0.208. The topological polar surface area (TPSA) is 30.8 Å². The van der Waals surface area contributed by atoms with Crippen molar-refractivity contribution >= 4 is 17.5 Å². The molecule has 1 atom stereocenters. The third-order valence-electron chi connectivity index (χ3n) is 4.84. The largest absolute Gasteiger partial charge is 0.493 e. The Balaban J connectivity index is 1.77. The lowest BCUT2D eigenvalue weighted by atomic mass is 9.95. The summed E-state index contributed by atoms with van der Waals surface area (Å²) in [7, 11) is 0. The molecule has 4 rings (SSSR count). The number of halogens is 3. The zero-order valence-electron chi connectivity index (χ0n) is 16.4. The summed E-state index contributed by atoms with van der Waals surface area (Å²) < 4.78 is 39.8. The summed E-state index contributed by atoms with van der Waals surface area (Å²) in [6.45, 7) is 2.81. The maximum atomic E-state index is 14.2. The average Bonchev–Trinajstić information content (AvgIpc) is 3.21. The Bertz CT molecular complexity index is 1080. The zero-order valence-corrected chi connectivity index (χ0v) is 17.1. The summed E-state index contributed by atoms with van der Waals surface area (Å²) in [5, 5.41) is 0.572. The smallest absolute Gasteiger partial charge is 0.222 e. The lowest BCUT2D eigenvalue weighted by Gasteiger charge is -2.16. The molecule has 0 radical (unpaired) electrons. The minimum atomic E-state index is -0.705. The number of benzene rings is 3. The van der Waals surface area contributed by atoms with Crippen molar-refractivity contribution in [1.82, 2.24) is 0 Å². The van der Waals surface area contributed by atoms with Gasteiger partial charge in [-0.05, 0) is 47.9 Å². The van der Waals surface area contributed by atoms with E-state index >= 15 is 0 Å². The Labute approximate surface area is 178 Å². The molecule has 1 heterocycles. The maximum Gasteiger partial charge on any atom is 0.222 e. The number of nitrogens with zero attached hydrogens (tertiary/aromatic N) is 1. The van der Waals surface area contributed by atoms with Crippen molar-refractivity contribution in [1.29, 1.82) is 0 Å². The number of para-hydroxylation sites is 1. The highest BCUT2D eigenvalue weighted by molar-refractivity contribution is 6.30. The van der Waals surface area contributed by atoms with Crippen LogP contribution in [0.4, 0.5) is 8.78 Å². The molecule has 0 aromatic heterocycles. The van der Waals surface area contributed by atoms with E-state index in [0.29, 0.717) is 11.6 Å². The molecule has 0 fully saturated rings. The van der Waals surface area contributed by atoms with Gasteiger partial charge in [0.25, 0.3) is 0 Å². The van der Waals surface area contributed by atoms with Crippen molar-refractivity contribution < 1.29 is 18.3 Å². The van der Waals surface area contributed by atoms with Crippen molar-refractivity contribution in [2.45, 2.75) is 19.4 Å². The molecular weight excluding hydrogens is 408 g/mol. The van der Waals surface area contributed by atoms with E-state index in [-0.39, 0.29) is 18.1 Å². The van der Waals surface area contributed by atoms with Crippen LogP contribution in [0.5, 0.6) is 5.75 Å². The zero-order chi connectivity index (χ0) is 21.1. The second kappa shape index (κ2) is 8.84. The van der Waals surface area contributed by atoms with Gasteiger partial charge in [-0.15, -0.1) is 0 Å². The molecule has 6 heteroatoms. The molecule has 0 saturated heterocycles. The highest BCUT2D eigenvalue weighted by Crippen LogP contribution is 2.39. The average molecular weight is 428 g/mol. The van der Waals surface area contributed by atoms with Crippen LogP contribution in [-0.4, -0.2) is 19.1 Å². The van der Waals surface area contributed by atoms with Crippen molar-refractivity contribution in [3.63, 3.8) is 0 Å². The molecule has 0 saturated carbocycles. The number of hydrogen-bond acceptors (Lipinski definition) is 3. The van der Waals surface area contributed by atoms with Crippen molar-refractivity contribution in [3.05, 3.63) is 88.4 Å². The van der Waals surface area contributed by atoms with E-state index in [1.165, 1.54) is 18.2 Å². The first-order valence-corrected chi connectivity index (χ1v) is 10.1. The molecule has 0 amide bonds. The first-order valence-electron chi connectivity index (χ1n) is 9.75. The number of aliphatic imine (C=N–C) groups is 1. The first-order chi connectivity index (χ1) is 14.6. The fourth-order valence-electron chi connectivity index (χ4n) is 3.45. The molecule has 0 aliphatic carbocycles. The third kappa shape index (κ3) is 4.03. The molecule has 0 spiro atoms. The normalized spacial score (nSPS) is 15.6. The van der Waals surface area contributed by atoms with E-state index in [1.54, 1.807) is 6.07 Å². The van der Waals surface area contributed by atoms with Gasteiger partial charge < -0.3 is 9.47 Å². The summed E-state index contributed by atoms with van der Waals surface area (Å²) >= 11 is 6.29. The van der Waals surface area contributed by atoms with E-state index in [1.807, 2.05) is 43.3 Å². The lowest BCUT2D eigenvalue weighted by Crippen LogP contribution is -2.07. The van der Waals surface area contributed by atoms with E-state index in [4.69, 9.17) is 21.1 Å². The first kappa shape index (κ1) is 20.4. The Kier molecular flexibility index (Phi) is 6.00. The van der Waals surface area contributed by atoms with E-state index in [2.05, 4.69) is 4.99 Å². The molecule has 3 nitrogen and oxygen atoms in total. The van der Waals surface area contributed by atoms with Crippen LogP contribution in [0.2, 0.25) is 5.02 Å². The molecule has 1 aliphatic rings. The Hall–Kier alpha value is -2.92. The molecular formula is C24H20ClF2NO2. The fourth-order valence-corrected chi connectivity index (χ4v) is 3.62. The van der Waals surface area contributed by atoms with E-state index in [0.717, 1.165) is 28.9 Å². The monoisotopic (exact) mass is 427 g/mol. The maximum absolute atomic E-state index is 14.2. The van der Waals surface area contributed by atoms with E-state index < -0.39 is 17.7 Å². The molecule has 3 aromatic carbocycles. The Morgan fingerprint density at radius 1 is 1.03 bits per heavy atom. The van der Waals surface area contributed by atoms with Crippen LogP contribution in [0.3, 0.4) is 0 Å². The van der Waals surface area contributed by atoms with Gasteiger partial charge in [0.1, 0.15) is 35.6 Å². The third-order valence-corrected chi connectivity index (χ3v) is 5.08. The van der Waals surface area contributed by atoms with Gasteiger partial charge in [0.15, 0.2) is 0 Å². The van der Waals surface area contributed by atoms with Gasteiger partial charge in [-0.2, -0.15) is 0 Å². The van der Waals surface area contributed by atoms with Gasteiger partial charge in [0.2, 0.25) is 5.90 Å². The van der Waals surface area contributed by atoms with Crippen LogP contribution in [0.15, 0.2) is 65.7 Å². The number of ether oxygens (including phenoxy) is 2. The van der Waals surface area contributed by atoms with Crippen LogP contribution < -0.4 is 4.74 Å². The molecule has 0 N–H and O–H groups in total. The van der Waals surface area contributed by atoms with Gasteiger partial charge in [-0.1, -0.05) is 48.9 Å². The second-order valence-corrected chi connectivity index (χ2v) is 7.37. The number of rotatable bonds is 6. The minimum absolute atomic E-state index is 0.0352. The summed E-state index contributed by atoms with van der Waals surface area (Å²) in [4.78, 5) is 4.49. The SMILES string of the molecule is CCCOc1ccccc1-c1cc(Cl)ccc1C1COC(c2c(F)cccc2F)=N1. The standard InChI is InChI=1S/C24H20ClF2NO2/c1-2-12-29-22-9-4-3-6-17(22)18-13-15(25)10-11-16(18)21-14-30-24(28-21)23-19(26)7-5-8-20(23)27/h3-11,13,21H,2,12,14H2,1H3. The highest BCUT2D eigenvalue weighted by Gasteiger charge is 2.28. The predicted octanol–water partition coefficient (Wildman–Crippen LogP) is 6.59.